The van der Waals surface area contributed by atoms with Gasteiger partial charge >= 0.3 is 0 Å². The van der Waals surface area contributed by atoms with Crippen LogP contribution in [0.2, 0.25) is 0 Å². The lowest BCUT2D eigenvalue weighted by molar-refractivity contribution is -0.115. The Morgan fingerprint density at radius 2 is 1.72 bits per heavy atom. The number of benzene rings is 1. The molecular weight excluding hydrogens is 308 g/mol. The maximum absolute atomic E-state index is 12.5. The van der Waals surface area contributed by atoms with Crippen LogP contribution in [0.3, 0.4) is 0 Å². The molecule has 2 rings (SSSR count). The highest BCUT2D eigenvalue weighted by atomic mass is 16.1. The summed E-state index contributed by atoms with van der Waals surface area (Å²) in [6.07, 6.45) is 7.18. The van der Waals surface area contributed by atoms with E-state index in [2.05, 4.69) is 57.3 Å². The summed E-state index contributed by atoms with van der Waals surface area (Å²) in [6, 6.07) is 6.52. The molecule has 0 spiro atoms. The highest BCUT2D eigenvalue weighted by Gasteiger charge is 2.42. The van der Waals surface area contributed by atoms with Crippen molar-refractivity contribution in [2.75, 3.05) is 0 Å². The van der Waals surface area contributed by atoms with Crippen LogP contribution >= 0.6 is 0 Å². The average Bonchev–Trinajstić information content (AvgIpc) is 2.57. The van der Waals surface area contributed by atoms with Gasteiger partial charge in [-0.05, 0) is 49.8 Å². The van der Waals surface area contributed by atoms with Gasteiger partial charge in [0.2, 0.25) is 5.91 Å². The quantitative estimate of drug-likeness (QED) is 0.767. The van der Waals surface area contributed by atoms with E-state index in [4.69, 9.17) is 5.73 Å². The van der Waals surface area contributed by atoms with Crippen LogP contribution in [-0.2, 0) is 23.1 Å². The lowest BCUT2D eigenvalue weighted by Gasteiger charge is -2.40. The third-order valence-corrected chi connectivity index (χ3v) is 5.28. The van der Waals surface area contributed by atoms with Crippen molar-refractivity contribution >= 4 is 5.91 Å². The molecule has 0 aliphatic carbocycles. The Kier molecular flexibility index (Phi) is 6.10. The summed E-state index contributed by atoms with van der Waals surface area (Å²) in [6.45, 7) is 10.6. The van der Waals surface area contributed by atoms with Gasteiger partial charge in [0, 0.05) is 16.8 Å². The predicted octanol–water partition coefficient (Wildman–Crippen LogP) is 4.51. The van der Waals surface area contributed by atoms with Gasteiger partial charge in [0.25, 0.3) is 0 Å². The van der Waals surface area contributed by atoms with Crippen LogP contribution < -0.4 is 11.1 Å². The number of carbonyl (C=O) groups is 1. The van der Waals surface area contributed by atoms with Crippen molar-refractivity contribution in [1.82, 2.24) is 5.32 Å². The topological polar surface area (TPSA) is 55.1 Å². The highest BCUT2D eigenvalue weighted by molar-refractivity contribution is 5.97. The first kappa shape index (κ1) is 19.3. The van der Waals surface area contributed by atoms with Crippen LogP contribution in [-0.4, -0.2) is 5.91 Å². The van der Waals surface area contributed by atoms with Gasteiger partial charge in [0.1, 0.15) is 0 Å². The number of nitrogens with one attached hydrogen (secondary N) is 1. The van der Waals surface area contributed by atoms with Gasteiger partial charge in [-0.2, -0.15) is 0 Å². The van der Waals surface area contributed by atoms with Crippen molar-refractivity contribution < 1.29 is 4.79 Å². The number of nitrogens with two attached hydrogens (primary N) is 1. The normalized spacial score (nSPS) is 20.3. The lowest BCUT2D eigenvalue weighted by atomic mass is 9.65. The van der Waals surface area contributed by atoms with Crippen molar-refractivity contribution in [1.29, 1.82) is 0 Å². The first-order valence-corrected chi connectivity index (χ1v) is 9.50. The summed E-state index contributed by atoms with van der Waals surface area (Å²) in [5, 5.41) is 3.33. The molecule has 3 N–H and O–H groups in total. The smallest absolute Gasteiger partial charge is 0.247 e. The van der Waals surface area contributed by atoms with Gasteiger partial charge in [-0.15, -0.1) is 0 Å². The van der Waals surface area contributed by atoms with Crippen LogP contribution in [0.1, 0.15) is 70.6 Å². The summed E-state index contributed by atoms with van der Waals surface area (Å²) in [5.41, 5.74) is 12.1. The fourth-order valence-electron chi connectivity index (χ4n) is 4.37. The molecule has 3 nitrogen and oxygen atoms in total. The Morgan fingerprint density at radius 3 is 2.20 bits per heavy atom. The lowest BCUT2D eigenvalue weighted by Crippen LogP contribution is -2.41. The number of hydrogen-bond donors (Lipinski definition) is 2. The van der Waals surface area contributed by atoms with Gasteiger partial charge in [-0.25, -0.2) is 0 Å². The van der Waals surface area contributed by atoms with E-state index in [-0.39, 0.29) is 5.91 Å². The molecule has 0 fully saturated rings. The summed E-state index contributed by atoms with van der Waals surface area (Å²) >= 11 is 0. The maximum Gasteiger partial charge on any atom is 0.247 e. The van der Waals surface area contributed by atoms with E-state index in [1.165, 1.54) is 16.7 Å². The molecule has 0 saturated carbocycles. The number of primary amides is 1. The van der Waals surface area contributed by atoms with Crippen LogP contribution in [0, 0.1) is 0 Å². The molecule has 1 aliphatic heterocycles. The summed E-state index contributed by atoms with van der Waals surface area (Å²) in [5.74, 6) is -0.321. The van der Waals surface area contributed by atoms with Gasteiger partial charge in [0.05, 0.1) is 5.57 Å². The predicted molar refractivity (Wildman–Crippen MR) is 105 cm³/mol. The molecule has 1 amide bonds. The van der Waals surface area contributed by atoms with E-state index in [9.17, 15) is 4.79 Å². The third kappa shape index (κ3) is 3.51. The molecule has 1 aliphatic rings. The number of aryl methyl sites for hydroxylation is 2. The number of rotatable bonds is 7. The van der Waals surface area contributed by atoms with Crippen molar-refractivity contribution in [3.05, 3.63) is 57.9 Å². The molecule has 0 saturated heterocycles. The summed E-state index contributed by atoms with van der Waals surface area (Å²) < 4.78 is 0. The number of dihydropyridines is 1. The molecule has 1 heterocycles. The Labute approximate surface area is 152 Å². The highest BCUT2D eigenvalue weighted by Crippen LogP contribution is 2.45. The molecule has 3 heteroatoms. The van der Waals surface area contributed by atoms with E-state index in [1.807, 2.05) is 6.92 Å². The van der Waals surface area contributed by atoms with E-state index in [1.54, 1.807) is 0 Å². The zero-order valence-corrected chi connectivity index (χ0v) is 16.3. The van der Waals surface area contributed by atoms with Crippen molar-refractivity contribution in [2.45, 2.75) is 72.1 Å². The van der Waals surface area contributed by atoms with Gasteiger partial charge in [0.15, 0.2) is 0 Å². The molecule has 0 bridgehead atoms. The molecular formula is C22H32N2O. The SMILES string of the molecule is CCCCC1(c2c(CC)cccc2CC)C=C(C)NC(C)=C1C(N)=O. The molecule has 25 heavy (non-hydrogen) atoms. The molecule has 1 unspecified atom stereocenters. The molecule has 0 aromatic heterocycles. The van der Waals surface area contributed by atoms with E-state index in [0.717, 1.165) is 49.1 Å². The average molecular weight is 341 g/mol. The van der Waals surface area contributed by atoms with Crippen molar-refractivity contribution in [2.24, 2.45) is 5.73 Å². The summed E-state index contributed by atoms with van der Waals surface area (Å²) in [7, 11) is 0. The van der Waals surface area contributed by atoms with Crippen LogP contribution in [0.4, 0.5) is 0 Å². The second-order valence-corrected chi connectivity index (χ2v) is 7.05. The summed E-state index contributed by atoms with van der Waals surface area (Å²) in [4.78, 5) is 12.5. The van der Waals surface area contributed by atoms with Crippen LogP contribution in [0.5, 0.6) is 0 Å². The number of amides is 1. The van der Waals surface area contributed by atoms with Gasteiger partial charge in [-0.1, -0.05) is 57.9 Å². The molecule has 1 aromatic rings. The van der Waals surface area contributed by atoms with E-state index < -0.39 is 5.41 Å². The third-order valence-electron chi connectivity index (χ3n) is 5.28. The van der Waals surface area contributed by atoms with E-state index in [0.29, 0.717) is 0 Å². The maximum atomic E-state index is 12.5. The molecule has 136 valence electrons. The fraction of sp³-hybridized carbons (Fsp3) is 0.500. The Bertz CT molecular complexity index is 692. The molecule has 1 aromatic carbocycles. The van der Waals surface area contributed by atoms with Crippen LogP contribution in [0.15, 0.2) is 41.2 Å². The standard InChI is InChI=1S/C22H32N2O/c1-6-9-13-22(14-15(4)24-16(5)19(22)21(23)25)20-17(7-2)11-10-12-18(20)8-3/h10-12,14,24H,6-9,13H2,1-5H3,(H2,23,25). The number of hydrogen-bond acceptors (Lipinski definition) is 2. The zero-order valence-electron chi connectivity index (χ0n) is 16.3. The Morgan fingerprint density at radius 1 is 1.12 bits per heavy atom. The second kappa shape index (κ2) is 7.90. The van der Waals surface area contributed by atoms with Gasteiger partial charge in [-0.3, -0.25) is 4.79 Å². The molecule has 1 atom stereocenters. The minimum absolute atomic E-state index is 0.321. The number of carbonyl (C=O) groups excluding carboxylic acids is 1. The zero-order chi connectivity index (χ0) is 18.6. The van der Waals surface area contributed by atoms with Crippen molar-refractivity contribution in [3.8, 4) is 0 Å². The Balaban J connectivity index is 2.88. The van der Waals surface area contributed by atoms with Crippen molar-refractivity contribution in [3.63, 3.8) is 0 Å². The van der Waals surface area contributed by atoms with Gasteiger partial charge < -0.3 is 11.1 Å². The first-order chi connectivity index (χ1) is 11.9. The second-order valence-electron chi connectivity index (χ2n) is 7.05. The largest absolute Gasteiger partial charge is 0.366 e. The fourth-order valence-corrected chi connectivity index (χ4v) is 4.37. The number of allylic oxidation sites excluding steroid dienone is 3. The minimum atomic E-state index is -0.431. The molecule has 0 radical (unpaired) electrons. The first-order valence-electron chi connectivity index (χ1n) is 9.50. The Hall–Kier alpha value is -2.03. The number of unbranched alkanes of at least 4 members (excludes halogenated alkanes) is 1. The van der Waals surface area contributed by atoms with E-state index >= 15 is 0 Å². The monoisotopic (exact) mass is 340 g/mol. The van der Waals surface area contributed by atoms with Crippen LogP contribution in [0.25, 0.3) is 0 Å². The minimum Gasteiger partial charge on any atom is -0.366 e.